The number of amides is 1. The highest BCUT2D eigenvalue weighted by atomic mass is 16.3. The first kappa shape index (κ1) is 15.6. The molecule has 1 amide bonds. The number of aryl methyl sites for hydroxylation is 1. The van der Waals surface area contributed by atoms with Gasteiger partial charge in [0.05, 0.1) is 24.3 Å². The molecule has 4 atom stereocenters. The van der Waals surface area contributed by atoms with Crippen LogP contribution in [0.4, 0.5) is 0 Å². The topological polar surface area (TPSA) is 78.7 Å². The maximum absolute atomic E-state index is 12.5. The van der Waals surface area contributed by atoms with Gasteiger partial charge < -0.3 is 20.1 Å². The summed E-state index contributed by atoms with van der Waals surface area (Å²) in [5.41, 5.74) is 2.85. The number of carbonyl (C=O) groups is 1. The molecule has 1 saturated heterocycles. The number of aromatic nitrogens is 2. The lowest BCUT2D eigenvalue weighted by Gasteiger charge is -2.35. The average molecular weight is 328 g/mol. The van der Waals surface area contributed by atoms with Crippen molar-refractivity contribution in [2.45, 2.75) is 38.3 Å². The number of fused-ring (bicyclic) bond motifs is 2. The van der Waals surface area contributed by atoms with Crippen LogP contribution in [-0.4, -0.2) is 45.6 Å². The fourth-order valence-corrected chi connectivity index (χ4v) is 4.21. The lowest BCUT2D eigenvalue weighted by atomic mass is 9.77. The fourth-order valence-electron chi connectivity index (χ4n) is 4.21. The van der Waals surface area contributed by atoms with Gasteiger partial charge in [0.15, 0.2) is 0 Å². The van der Waals surface area contributed by atoms with Crippen molar-refractivity contribution in [3.05, 3.63) is 35.8 Å². The summed E-state index contributed by atoms with van der Waals surface area (Å²) in [5.74, 6) is 1.07. The van der Waals surface area contributed by atoms with Crippen LogP contribution in [0, 0.1) is 18.8 Å². The minimum Gasteiger partial charge on any atom is -0.391 e. The van der Waals surface area contributed by atoms with Gasteiger partial charge >= 0.3 is 0 Å². The van der Waals surface area contributed by atoms with Crippen molar-refractivity contribution in [2.75, 3.05) is 13.1 Å². The minimum absolute atomic E-state index is 0.0493. The summed E-state index contributed by atoms with van der Waals surface area (Å²) >= 11 is 0. The first-order chi connectivity index (χ1) is 11.6. The van der Waals surface area contributed by atoms with E-state index in [9.17, 15) is 9.90 Å². The highest BCUT2D eigenvalue weighted by Gasteiger charge is 2.39. The Labute approximate surface area is 141 Å². The molecule has 0 spiro atoms. The van der Waals surface area contributed by atoms with Gasteiger partial charge in [-0.15, -0.1) is 0 Å². The molecule has 0 radical (unpaired) electrons. The van der Waals surface area contributed by atoms with Crippen LogP contribution < -0.4 is 10.6 Å². The van der Waals surface area contributed by atoms with E-state index in [1.807, 2.05) is 29.7 Å². The lowest BCUT2D eigenvalue weighted by molar-refractivity contribution is -0.122. The molecule has 2 aliphatic rings. The molecule has 0 aromatic carbocycles. The number of nitrogens with zero attached hydrogens (tertiary/aromatic N) is 2. The van der Waals surface area contributed by atoms with Gasteiger partial charge in [-0.25, -0.2) is 4.98 Å². The second-order valence-electron chi connectivity index (χ2n) is 7.20. The molecular weight excluding hydrogens is 304 g/mol. The van der Waals surface area contributed by atoms with Crippen LogP contribution in [0.15, 0.2) is 24.5 Å². The summed E-state index contributed by atoms with van der Waals surface area (Å²) in [4.78, 5) is 16.9. The van der Waals surface area contributed by atoms with Gasteiger partial charge in [-0.1, -0.05) is 6.07 Å². The van der Waals surface area contributed by atoms with Crippen LogP contribution in [0.25, 0.3) is 5.65 Å². The van der Waals surface area contributed by atoms with Gasteiger partial charge in [-0.3, -0.25) is 4.79 Å². The first-order valence-corrected chi connectivity index (χ1v) is 8.71. The molecule has 2 aromatic heterocycles. The first-order valence-electron chi connectivity index (χ1n) is 8.71. The van der Waals surface area contributed by atoms with E-state index in [-0.39, 0.29) is 18.4 Å². The molecule has 1 aliphatic heterocycles. The Bertz CT molecular complexity index is 757. The van der Waals surface area contributed by atoms with E-state index in [2.05, 4.69) is 15.6 Å². The maximum Gasteiger partial charge on any atom is 0.226 e. The number of carbonyl (C=O) groups excluding carboxylic acids is 1. The second-order valence-corrected chi connectivity index (χ2v) is 7.20. The highest BCUT2D eigenvalue weighted by Crippen LogP contribution is 2.32. The summed E-state index contributed by atoms with van der Waals surface area (Å²) in [7, 11) is 0. The third-order valence-electron chi connectivity index (χ3n) is 5.54. The van der Waals surface area contributed by atoms with Crippen LogP contribution in [-0.2, 0) is 11.2 Å². The Morgan fingerprint density at radius 1 is 1.42 bits per heavy atom. The van der Waals surface area contributed by atoms with Crippen molar-refractivity contribution < 1.29 is 9.90 Å². The van der Waals surface area contributed by atoms with Gasteiger partial charge in [0.1, 0.15) is 5.65 Å². The summed E-state index contributed by atoms with van der Waals surface area (Å²) in [6, 6.07) is 3.83. The van der Waals surface area contributed by atoms with E-state index < -0.39 is 6.10 Å². The molecule has 0 unspecified atom stereocenters. The molecule has 4 rings (SSSR count). The number of pyridine rings is 1. The number of nitrogens with one attached hydrogen (secondary N) is 2. The van der Waals surface area contributed by atoms with Crippen molar-refractivity contribution in [2.24, 2.45) is 11.8 Å². The Morgan fingerprint density at radius 2 is 2.21 bits per heavy atom. The molecule has 24 heavy (non-hydrogen) atoms. The molecule has 6 nitrogen and oxygen atoms in total. The van der Waals surface area contributed by atoms with Crippen molar-refractivity contribution in [3.63, 3.8) is 0 Å². The van der Waals surface area contributed by atoms with Gasteiger partial charge in [-0.2, -0.15) is 0 Å². The summed E-state index contributed by atoms with van der Waals surface area (Å²) in [5, 5.41) is 16.8. The molecule has 0 bridgehead atoms. The van der Waals surface area contributed by atoms with E-state index >= 15 is 0 Å². The summed E-state index contributed by atoms with van der Waals surface area (Å²) < 4.78 is 1.96. The predicted octanol–water partition coefficient (Wildman–Crippen LogP) is 0.660. The Morgan fingerprint density at radius 3 is 3.04 bits per heavy atom. The smallest absolute Gasteiger partial charge is 0.226 e. The van der Waals surface area contributed by atoms with E-state index in [0.29, 0.717) is 11.8 Å². The zero-order chi connectivity index (χ0) is 16.7. The Balaban J connectivity index is 1.43. The van der Waals surface area contributed by atoms with Crippen molar-refractivity contribution >= 4 is 11.6 Å². The SMILES string of the molecule is Cc1cccn2c(CC(=O)N[C@H]3C[C@H]4CNC[C@H]4C[C@@H]3O)cnc12. The van der Waals surface area contributed by atoms with E-state index in [4.69, 9.17) is 0 Å². The zero-order valence-electron chi connectivity index (χ0n) is 13.9. The number of aliphatic hydroxyl groups excluding tert-OH is 1. The van der Waals surface area contributed by atoms with Crippen LogP contribution >= 0.6 is 0 Å². The quantitative estimate of drug-likeness (QED) is 0.773. The van der Waals surface area contributed by atoms with E-state index in [0.717, 1.165) is 42.8 Å². The standard InChI is InChI=1S/C18H24N4O2/c1-11-3-2-4-22-14(10-20-18(11)22)7-17(24)21-15-5-12-8-19-9-13(12)6-16(15)23/h2-4,10,12-13,15-16,19,23H,5-9H2,1H3,(H,21,24)/t12-,13+,15-,16-/m0/s1. The molecule has 1 aliphatic carbocycles. The molecule has 2 fully saturated rings. The lowest BCUT2D eigenvalue weighted by Crippen LogP contribution is -2.49. The van der Waals surface area contributed by atoms with Crippen LogP contribution in [0.2, 0.25) is 0 Å². The summed E-state index contributed by atoms with van der Waals surface area (Å²) in [6.45, 7) is 4.00. The van der Waals surface area contributed by atoms with Gasteiger partial charge in [-0.05, 0) is 56.3 Å². The van der Waals surface area contributed by atoms with E-state index in [1.54, 1.807) is 6.20 Å². The predicted molar refractivity (Wildman–Crippen MR) is 90.7 cm³/mol. The molecular formula is C18H24N4O2. The van der Waals surface area contributed by atoms with Gasteiger partial charge in [0.2, 0.25) is 5.91 Å². The summed E-state index contributed by atoms with van der Waals surface area (Å²) in [6.07, 6.45) is 5.16. The number of hydrogen-bond donors (Lipinski definition) is 3. The minimum atomic E-state index is -0.445. The van der Waals surface area contributed by atoms with Gasteiger partial charge in [0.25, 0.3) is 0 Å². The molecule has 6 heteroatoms. The number of hydrogen-bond acceptors (Lipinski definition) is 4. The van der Waals surface area contributed by atoms with Crippen LogP contribution in [0.1, 0.15) is 24.1 Å². The highest BCUT2D eigenvalue weighted by molar-refractivity contribution is 5.78. The Hall–Kier alpha value is -1.92. The molecule has 3 N–H and O–H groups in total. The zero-order valence-corrected chi connectivity index (χ0v) is 13.9. The number of aliphatic hydroxyl groups is 1. The largest absolute Gasteiger partial charge is 0.391 e. The van der Waals surface area contributed by atoms with Crippen LogP contribution in [0.5, 0.6) is 0 Å². The molecule has 1 saturated carbocycles. The molecule has 128 valence electrons. The second kappa shape index (κ2) is 6.18. The van der Waals surface area contributed by atoms with Crippen molar-refractivity contribution in [1.82, 2.24) is 20.0 Å². The third kappa shape index (κ3) is 2.80. The number of imidazole rings is 1. The van der Waals surface area contributed by atoms with Gasteiger partial charge in [0, 0.05) is 12.4 Å². The number of rotatable bonds is 3. The van der Waals surface area contributed by atoms with E-state index in [1.165, 1.54) is 0 Å². The normalized spacial score (nSPS) is 29.6. The molecule has 3 heterocycles. The third-order valence-corrected chi connectivity index (χ3v) is 5.54. The average Bonchev–Trinajstić information content (AvgIpc) is 3.15. The maximum atomic E-state index is 12.5. The van der Waals surface area contributed by atoms with Crippen molar-refractivity contribution in [1.29, 1.82) is 0 Å². The monoisotopic (exact) mass is 328 g/mol. The van der Waals surface area contributed by atoms with Crippen molar-refractivity contribution in [3.8, 4) is 0 Å². The molecule has 2 aromatic rings. The Kier molecular flexibility index (Phi) is 4.02. The fraction of sp³-hybridized carbons (Fsp3) is 0.556. The van der Waals surface area contributed by atoms with Crippen LogP contribution in [0.3, 0.4) is 0 Å².